The molecule has 0 unspecified atom stereocenters. The number of thiophene rings is 1. The lowest BCUT2D eigenvalue weighted by molar-refractivity contribution is 0.0662. The number of oxazole rings is 1. The molecule has 0 spiro atoms. The fourth-order valence-electron chi connectivity index (χ4n) is 2.64. The quantitative estimate of drug-likeness (QED) is 0.870. The molecule has 2 aromatic rings. The molecule has 1 aliphatic rings. The van der Waals surface area contributed by atoms with Crippen LogP contribution in [0.2, 0.25) is 0 Å². The van der Waals surface area contributed by atoms with Gasteiger partial charge in [-0.05, 0) is 43.7 Å². The van der Waals surface area contributed by atoms with E-state index in [1.165, 1.54) is 29.7 Å². The van der Waals surface area contributed by atoms with Crippen molar-refractivity contribution in [2.75, 3.05) is 0 Å². The van der Waals surface area contributed by atoms with Crippen LogP contribution in [-0.2, 0) is 19.3 Å². The Balaban J connectivity index is 1.99. The topological polar surface area (TPSA) is 63.3 Å². The molecule has 2 heterocycles. The van der Waals surface area contributed by atoms with Crippen LogP contribution in [0.1, 0.15) is 52.9 Å². The summed E-state index contributed by atoms with van der Waals surface area (Å²) in [7, 11) is 0. The van der Waals surface area contributed by atoms with E-state index in [0.29, 0.717) is 18.0 Å². The molecule has 0 atom stereocenters. The van der Waals surface area contributed by atoms with Gasteiger partial charge in [0, 0.05) is 4.88 Å². The lowest BCUT2D eigenvalue weighted by atomic mass is 10.1. The van der Waals surface area contributed by atoms with E-state index in [9.17, 15) is 4.79 Å². The first kappa shape index (κ1) is 13.4. The number of fused-ring (bicyclic) bond motifs is 1. The summed E-state index contributed by atoms with van der Waals surface area (Å²) in [5.41, 5.74) is 1.91. The number of aromatic carboxylic acids is 1. The van der Waals surface area contributed by atoms with Crippen molar-refractivity contribution in [3.8, 4) is 10.8 Å². The average molecular weight is 291 g/mol. The maximum absolute atomic E-state index is 11.1. The first-order valence-corrected chi connectivity index (χ1v) is 7.85. The second-order valence-corrected chi connectivity index (χ2v) is 6.21. The highest BCUT2D eigenvalue weighted by atomic mass is 32.1. The van der Waals surface area contributed by atoms with Gasteiger partial charge in [-0.2, -0.15) is 0 Å². The first-order chi connectivity index (χ1) is 9.69. The molecule has 0 radical (unpaired) electrons. The number of carboxylic acid groups (broad SMARTS) is 1. The van der Waals surface area contributed by atoms with Crippen molar-refractivity contribution in [2.24, 2.45) is 0 Å². The molecule has 5 heteroatoms. The monoisotopic (exact) mass is 291 g/mol. The Bertz CT molecular complexity index is 618. The van der Waals surface area contributed by atoms with E-state index >= 15 is 0 Å². The molecule has 0 saturated heterocycles. The van der Waals surface area contributed by atoms with Gasteiger partial charge in [-0.15, -0.1) is 11.3 Å². The van der Waals surface area contributed by atoms with E-state index in [-0.39, 0.29) is 5.76 Å². The molecule has 106 valence electrons. The minimum Gasteiger partial charge on any atom is -0.475 e. The lowest BCUT2D eigenvalue weighted by Gasteiger charge is -1.92. The number of hydrogen-bond acceptors (Lipinski definition) is 4. The fraction of sp³-hybridized carbons (Fsp3) is 0.467. The van der Waals surface area contributed by atoms with Gasteiger partial charge in [0.15, 0.2) is 0 Å². The number of aryl methyl sites for hydroxylation is 3. The molecule has 0 aliphatic heterocycles. The standard InChI is InChI=1S/C15H17NO3S/c1-2-10-13(15(17)18)19-14(16-10)12-8-9-6-4-3-5-7-11(9)20-12/h8H,2-7H2,1H3,(H,17,18). The molecule has 2 aromatic heterocycles. The van der Waals surface area contributed by atoms with E-state index in [4.69, 9.17) is 9.52 Å². The molecule has 4 nitrogen and oxygen atoms in total. The summed E-state index contributed by atoms with van der Waals surface area (Å²) in [5.74, 6) is -0.609. The molecule has 1 aliphatic carbocycles. The second kappa shape index (κ2) is 5.40. The van der Waals surface area contributed by atoms with Crippen LogP contribution in [0.4, 0.5) is 0 Å². The summed E-state index contributed by atoms with van der Waals surface area (Å²) in [5, 5.41) is 9.13. The van der Waals surface area contributed by atoms with Crippen LogP contribution in [-0.4, -0.2) is 16.1 Å². The lowest BCUT2D eigenvalue weighted by Crippen LogP contribution is -1.98. The van der Waals surface area contributed by atoms with Crippen molar-refractivity contribution in [1.29, 1.82) is 0 Å². The third kappa shape index (κ3) is 2.38. The Kier molecular flexibility index (Phi) is 3.61. The molecule has 1 N–H and O–H groups in total. The van der Waals surface area contributed by atoms with E-state index in [1.807, 2.05) is 6.92 Å². The van der Waals surface area contributed by atoms with Gasteiger partial charge in [-0.3, -0.25) is 0 Å². The largest absolute Gasteiger partial charge is 0.475 e. The second-order valence-electron chi connectivity index (χ2n) is 5.07. The van der Waals surface area contributed by atoms with Crippen molar-refractivity contribution in [2.45, 2.75) is 45.4 Å². The molecule has 20 heavy (non-hydrogen) atoms. The molecule has 0 aromatic carbocycles. The third-order valence-corrected chi connectivity index (χ3v) is 4.91. The maximum Gasteiger partial charge on any atom is 0.373 e. The maximum atomic E-state index is 11.1. The molecule has 3 rings (SSSR count). The Labute approximate surface area is 121 Å². The highest BCUT2D eigenvalue weighted by Crippen LogP contribution is 2.35. The van der Waals surface area contributed by atoms with Crippen LogP contribution in [0, 0.1) is 0 Å². The summed E-state index contributed by atoms with van der Waals surface area (Å²) in [4.78, 5) is 17.9. The number of rotatable bonds is 3. The van der Waals surface area contributed by atoms with Gasteiger partial charge in [0.05, 0.1) is 10.6 Å². The van der Waals surface area contributed by atoms with Crippen molar-refractivity contribution in [1.82, 2.24) is 4.98 Å². The zero-order chi connectivity index (χ0) is 14.1. The van der Waals surface area contributed by atoms with E-state index in [0.717, 1.165) is 17.7 Å². The molecular weight excluding hydrogens is 274 g/mol. The van der Waals surface area contributed by atoms with Crippen molar-refractivity contribution >= 4 is 17.3 Å². The summed E-state index contributed by atoms with van der Waals surface area (Å²) in [6.45, 7) is 1.89. The number of nitrogens with zero attached hydrogens (tertiary/aromatic N) is 1. The number of aromatic nitrogens is 1. The summed E-state index contributed by atoms with van der Waals surface area (Å²) >= 11 is 1.70. The molecule has 0 fully saturated rings. The van der Waals surface area contributed by atoms with Gasteiger partial charge in [0.1, 0.15) is 0 Å². The van der Waals surface area contributed by atoms with Gasteiger partial charge in [-0.25, -0.2) is 9.78 Å². The minimum atomic E-state index is -1.04. The minimum absolute atomic E-state index is 0.0221. The zero-order valence-electron chi connectivity index (χ0n) is 11.4. The summed E-state index contributed by atoms with van der Waals surface area (Å²) in [6, 6.07) is 2.13. The van der Waals surface area contributed by atoms with Gasteiger partial charge < -0.3 is 9.52 Å². The molecule has 0 bridgehead atoms. The molecule has 0 saturated carbocycles. The first-order valence-electron chi connectivity index (χ1n) is 7.04. The summed E-state index contributed by atoms with van der Waals surface area (Å²) < 4.78 is 5.46. The van der Waals surface area contributed by atoms with Crippen LogP contribution >= 0.6 is 11.3 Å². The van der Waals surface area contributed by atoms with Crippen LogP contribution in [0.3, 0.4) is 0 Å². The Morgan fingerprint density at radius 1 is 1.40 bits per heavy atom. The van der Waals surface area contributed by atoms with Gasteiger partial charge in [0.2, 0.25) is 11.7 Å². The molecular formula is C15H17NO3S. The van der Waals surface area contributed by atoms with Gasteiger partial charge in [-0.1, -0.05) is 13.3 Å². The Morgan fingerprint density at radius 3 is 2.90 bits per heavy atom. The molecule has 0 amide bonds. The zero-order valence-corrected chi connectivity index (χ0v) is 12.3. The predicted octanol–water partition coefficient (Wildman–Crippen LogP) is 3.93. The Morgan fingerprint density at radius 2 is 2.20 bits per heavy atom. The van der Waals surface area contributed by atoms with E-state index in [2.05, 4.69) is 11.1 Å². The average Bonchev–Trinajstić information content (AvgIpc) is 2.97. The van der Waals surface area contributed by atoms with Crippen molar-refractivity contribution < 1.29 is 14.3 Å². The number of hydrogen-bond donors (Lipinski definition) is 1. The van der Waals surface area contributed by atoms with Crippen LogP contribution in [0.15, 0.2) is 10.5 Å². The fourth-order valence-corrected chi connectivity index (χ4v) is 3.82. The van der Waals surface area contributed by atoms with Crippen molar-refractivity contribution in [3.05, 3.63) is 28.0 Å². The predicted molar refractivity (Wildman–Crippen MR) is 77.4 cm³/mol. The van der Waals surface area contributed by atoms with E-state index in [1.54, 1.807) is 11.3 Å². The third-order valence-electron chi connectivity index (χ3n) is 3.68. The number of carboxylic acids is 1. The van der Waals surface area contributed by atoms with Gasteiger partial charge >= 0.3 is 5.97 Å². The summed E-state index contributed by atoms with van der Waals surface area (Å²) in [6.07, 6.45) is 6.55. The Hall–Kier alpha value is -1.62. The van der Waals surface area contributed by atoms with Crippen LogP contribution < -0.4 is 0 Å². The smallest absolute Gasteiger partial charge is 0.373 e. The highest BCUT2D eigenvalue weighted by Gasteiger charge is 2.21. The van der Waals surface area contributed by atoms with E-state index < -0.39 is 5.97 Å². The SMILES string of the molecule is CCc1nc(-c2cc3c(s2)CCCCC3)oc1C(=O)O. The van der Waals surface area contributed by atoms with Gasteiger partial charge in [0.25, 0.3) is 0 Å². The van der Waals surface area contributed by atoms with Crippen LogP contribution in [0.25, 0.3) is 10.8 Å². The highest BCUT2D eigenvalue weighted by molar-refractivity contribution is 7.15. The van der Waals surface area contributed by atoms with Crippen LogP contribution in [0.5, 0.6) is 0 Å². The van der Waals surface area contributed by atoms with Crippen molar-refractivity contribution in [3.63, 3.8) is 0 Å². The normalized spacial score (nSPS) is 14.8. The number of carbonyl (C=O) groups is 1.